The summed E-state index contributed by atoms with van der Waals surface area (Å²) in [6.45, 7) is 1.28. The summed E-state index contributed by atoms with van der Waals surface area (Å²) in [5.74, 6) is -1.02. The second kappa shape index (κ2) is 10.7. The average Bonchev–Trinajstić information content (AvgIpc) is 2.86. The Labute approximate surface area is 215 Å². The third-order valence-corrected chi connectivity index (χ3v) is 5.73. The van der Waals surface area contributed by atoms with Crippen LogP contribution in [0.2, 0.25) is 10.0 Å². The minimum atomic E-state index is -0.818. The summed E-state index contributed by atoms with van der Waals surface area (Å²) in [5, 5.41) is 0.812. The standard InChI is InChI=1S/C27H18Cl2O7/c1-15(30)34-22-11-7-16(13-23(22)33-2)8-12-24(31)36-27-25(32)18-5-3-4-6-21(18)35-26(27)17-9-10-19(28)20(29)14-17/h3-14H,1-2H3/b12-8+. The van der Waals surface area contributed by atoms with E-state index < -0.39 is 17.4 Å². The van der Waals surface area contributed by atoms with Gasteiger partial charge in [-0.1, -0.05) is 41.4 Å². The fourth-order valence-corrected chi connectivity index (χ4v) is 3.67. The quantitative estimate of drug-likeness (QED) is 0.165. The second-order valence-corrected chi connectivity index (χ2v) is 8.29. The number of hydrogen-bond acceptors (Lipinski definition) is 7. The molecule has 0 atom stereocenters. The van der Waals surface area contributed by atoms with Gasteiger partial charge in [0.05, 0.1) is 22.5 Å². The molecule has 0 spiro atoms. The lowest BCUT2D eigenvalue weighted by atomic mass is 10.1. The maximum absolute atomic E-state index is 13.2. The number of ether oxygens (including phenoxy) is 3. The first-order chi connectivity index (χ1) is 17.3. The molecule has 0 aliphatic heterocycles. The summed E-state index contributed by atoms with van der Waals surface area (Å²) >= 11 is 12.2. The fourth-order valence-electron chi connectivity index (χ4n) is 3.37. The van der Waals surface area contributed by atoms with Crippen LogP contribution in [0.15, 0.2) is 76.0 Å². The van der Waals surface area contributed by atoms with E-state index in [1.807, 2.05) is 0 Å². The van der Waals surface area contributed by atoms with Gasteiger partial charge in [0.25, 0.3) is 0 Å². The number of esters is 2. The van der Waals surface area contributed by atoms with Crippen LogP contribution in [-0.4, -0.2) is 19.0 Å². The molecule has 0 fully saturated rings. The summed E-state index contributed by atoms with van der Waals surface area (Å²) < 4.78 is 21.7. The van der Waals surface area contributed by atoms with E-state index in [2.05, 4.69) is 0 Å². The first-order valence-corrected chi connectivity index (χ1v) is 11.3. The van der Waals surface area contributed by atoms with Gasteiger partial charge in [0, 0.05) is 18.6 Å². The van der Waals surface area contributed by atoms with E-state index >= 15 is 0 Å². The molecule has 1 heterocycles. The molecule has 4 aromatic rings. The van der Waals surface area contributed by atoms with Gasteiger partial charge in [0.15, 0.2) is 17.3 Å². The number of hydrogen-bond donors (Lipinski definition) is 0. The molecule has 0 saturated heterocycles. The number of para-hydroxylation sites is 1. The van der Waals surface area contributed by atoms with Crippen LogP contribution in [0.5, 0.6) is 17.2 Å². The van der Waals surface area contributed by atoms with Crippen LogP contribution in [0.3, 0.4) is 0 Å². The predicted octanol–water partition coefficient (Wildman–Crippen LogP) is 6.32. The molecule has 0 aliphatic rings. The van der Waals surface area contributed by atoms with Crippen LogP contribution in [0.25, 0.3) is 28.4 Å². The number of halogens is 2. The smallest absolute Gasteiger partial charge is 0.336 e. The number of fused-ring (bicyclic) bond motifs is 1. The molecule has 9 heteroatoms. The van der Waals surface area contributed by atoms with Crippen LogP contribution < -0.4 is 19.6 Å². The third-order valence-electron chi connectivity index (χ3n) is 4.99. The van der Waals surface area contributed by atoms with Crippen molar-refractivity contribution >= 4 is 52.2 Å². The lowest BCUT2D eigenvalue weighted by molar-refractivity contribution is -0.132. The molecule has 182 valence electrons. The topological polar surface area (TPSA) is 92.0 Å². The molecule has 0 aliphatic carbocycles. The lowest BCUT2D eigenvalue weighted by Crippen LogP contribution is -2.14. The largest absolute Gasteiger partial charge is 0.493 e. The molecule has 1 aromatic heterocycles. The highest BCUT2D eigenvalue weighted by Gasteiger charge is 2.20. The van der Waals surface area contributed by atoms with Gasteiger partial charge in [0.2, 0.25) is 11.2 Å². The zero-order chi connectivity index (χ0) is 25.8. The van der Waals surface area contributed by atoms with Crippen LogP contribution >= 0.6 is 23.2 Å². The molecule has 0 saturated carbocycles. The maximum atomic E-state index is 13.2. The number of carbonyl (C=O) groups is 2. The van der Waals surface area contributed by atoms with Crippen molar-refractivity contribution < 1.29 is 28.2 Å². The number of rotatable bonds is 6. The third kappa shape index (κ3) is 5.43. The molecule has 0 bridgehead atoms. The SMILES string of the molecule is COc1cc(/C=C/C(=O)Oc2c(-c3ccc(Cl)c(Cl)c3)oc3ccccc3c2=O)ccc1OC(C)=O. The van der Waals surface area contributed by atoms with Crippen molar-refractivity contribution in [3.05, 3.63) is 92.6 Å². The Hall–Kier alpha value is -4.07. The minimum absolute atomic E-state index is 0.0337. The normalized spacial score (nSPS) is 11.0. The summed E-state index contributed by atoms with van der Waals surface area (Å²) in [6, 6.07) is 16.0. The highest BCUT2D eigenvalue weighted by atomic mass is 35.5. The first-order valence-electron chi connectivity index (χ1n) is 10.5. The monoisotopic (exact) mass is 524 g/mol. The van der Waals surface area contributed by atoms with Crippen LogP contribution in [0.1, 0.15) is 12.5 Å². The van der Waals surface area contributed by atoms with Crippen molar-refractivity contribution in [2.75, 3.05) is 7.11 Å². The Balaban J connectivity index is 1.69. The Kier molecular flexibility index (Phi) is 7.43. The van der Waals surface area contributed by atoms with Crippen LogP contribution in [0.4, 0.5) is 0 Å². The molecule has 4 rings (SSSR count). The molecule has 0 amide bonds. The first kappa shape index (κ1) is 25.0. The lowest BCUT2D eigenvalue weighted by Gasteiger charge is -2.10. The Morgan fingerprint density at radius 2 is 1.69 bits per heavy atom. The molecular weight excluding hydrogens is 507 g/mol. The number of benzene rings is 3. The number of carbonyl (C=O) groups excluding carboxylic acids is 2. The van der Waals surface area contributed by atoms with E-state index in [1.165, 1.54) is 32.2 Å². The molecule has 7 nitrogen and oxygen atoms in total. The van der Waals surface area contributed by atoms with E-state index in [-0.39, 0.29) is 27.7 Å². The van der Waals surface area contributed by atoms with Gasteiger partial charge in [-0.2, -0.15) is 0 Å². The van der Waals surface area contributed by atoms with Crippen molar-refractivity contribution in [1.82, 2.24) is 0 Å². The van der Waals surface area contributed by atoms with Crippen molar-refractivity contribution in [1.29, 1.82) is 0 Å². The van der Waals surface area contributed by atoms with Crippen molar-refractivity contribution in [2.45, 2.75) is 6.92 Å². The average molecular weight is 525 g/mol. The minimum Gasteiger partial charge on any atom is -0.493 e. The predicted molar refractivity (Wildman–Crippen MR) is 137 cm³/mol. The molecule has 0 N–H and O–H groups in total. The highest BCUT2D eigenvalue weighted by molar-refractivity contribution is 6.42. The molecular formula is C27H18Cl2O7. The van der Waals surface area contributed by atoms with E-state index in [0.717, 1.165) is 6.08 Å². The van der Waals surface area contributed by atoms with Gasteiger partial charge < -0.3 is 18.6 Å². The van der Waals surface area contributed by atoms with Crippen molar-refractivity contribution in [2.24, 2.45) is 0 Å². The molecule has 0 radical (unpaired) electrons. The zero-order valence-corrected chi connectivity index (χ0v) is 20.6. The van der Waals surface area contributed by atoms with Crippen molar-refractivity contribution in [3.63, 3.8) is 0 Å². The van der Waals surface area contributed by atoms with E-state index in [9.17, 15) is 14.4 Å². The summed E-state index contributed by atoms with van der Waals surface area (Å²) in [6.07, 6.45) is 2.61. The van der Waals surface area contributed by atoms with Crippen LogP contribution in [0, 0.1) is 0 Å². The van der Waals surface area contributed by atoms with Crippen LogP contribution in [-0.2, 0) is 9.59 Å². The van der Waals surface area contributed by atoms with Gasteiger partial charge in [-0.3, -0.25) is 9.59 Å². The molecule has 3 aromatic carbocycles. The van der Waals surface area contributed by atoms with Gasteiger partial charge in [-0.25, -0.2) is 4.79 Å². The summed E-state index contributed by atoms with van der Waals surface area (Å²) in [5.41, 5.74) is 0.769. The van der Waals surface area contributed by atoms with Crippen molar-refractivity contribution in [3.8, 4) is 28.6 Å². The zero-order valence-electron chi connectivity index (χ0n) is 19.0. The fraction of sp³-hybridized carbons (Fsp3) is 0.0741. The van der Waals surface area contributed by atoms with E-state index in [1.54, 1.807) is 48.5 Å². The van der Waals surface area contributed by atoms with Gasteiger partial charge in [-0.15, -0.1) is 0 Å². The highest BCUT2D eigenvalue weighted by Crippen LogP contribution is 2.35. The Morgan fingerprint density at radius 1 is 0.917 bits per heavy atom. The van der Waals surface area contributed by atoms with Gasteiger partial charge in [0.1, 0.15) is 5.58 Å². The summed E-state index contributed by atoms with van der Waals surface area (Å²) in [7, 11) is 1.42. The second-order valence-electron chi connectivity index (χ2n) is 7.47. The van der Waals surface area contributed by atoms with E-state index in [4.69, 9.17) is 41.8 Å². The van der Waals surface area contributed by atoms with Gasteiger partial charge in [-0.05, 0) is 54.1 Å². The molecule has 36 heavy (non-hydrogen) atoms. The maximum Gasteiger partial charge on any atom is 0.336 e. The Bertz CT molecular complexity index is 1570. The van der Waals surface area contributed by atoms with Gasteiger partial charge >= 0.3 is 11.9 Å². The Morgan fingerprint density at radius 3 is 2.42 bits per heavy atom. The molecule has 0 unspecified atom stereocenters. The van der Waals surface area contributed by atoms with E-state index in [0.29, 0.717) is 27.5 Å². The number of methoxy groups -OCH3 is 1. The summed E-state index contributed by atoms with van der Waals surface area (Å²) in [4.78, 5) is 37.2.